The average molecular weight is 341 g/mol. The van der Waals surface area contributed by atoms with Crippen LogP contribution >= 0.6 is 12.2 Å². The predicted molar refractivity (Wildman–Crippen MR) is 104 cm³/mol. The number of nitrogens with one attached hydrogen (secondary N) is 2. The first-order valence-corrected chi connectivity index (χ1v) is 8.32. The second kappa shape index (κ2) is 9.03. The third-order valence-corrected chi connectivity index (χ3v) is 3.41. The van der Waals surface area contributed by atoms with Crippen LogP contribution < -0.4 is 15.5 Å². The van der Waals surface area contributed by atoms with E-state index in [0.29, 0.717) is 11.7 Å². The van der Waals surface area contributed by atoms with E-state index in [0.717, 1.165) is 16.9 Å². The van der Waals surface area contributed by atoms with E-state index in [1.165, 1.54) is 5.56 Å². The molecule has 126 valence electrons. The van der Waals surface area contributed by atoms with Gasteiger partial charge in [-0.15, -0.1) is 0 Å². The van der Waals surface area contributed by atoms with E-state index in [1.54, 1.807) is 6.21 Å². The molecule has 0 saturated heterocycles. The monoisotopic (exact) mass is 341 g/mol. The van der Waals surface area contributed by atoms with E-state index in [9.17, 15) is 0 Å². The van der Waals surface area contributed by atoms with E-state index in [2.05, 4.69) is 47.0 Å². The molecule has 2 aromatic rings. The Hall–Kier alpha value is -2.40. The highest BCUT2D eigenvalue weighted by atomic mass is 32.1. The van der Waals surface area contributed by atoms with Gasteiger partial charge in [-0.25, -0.2) is 0 Å². The zero-order chi connectivity index (χ0) is 17.4. The first-order chi connectivity index (χ1) is 11.5. The van der Waals surface area contributed by atoms with Crippen molar-refractivity contribution in [3.8, 4) is 5.75 Å². The molecule has 0 aromatic heterocycles. The summed E-state index contributed by atoms with van der Waals surface area (Å²) in [6, 6.07) is 16.4. The number of rotatable bonds is 6. The Bertz CT molecular complexity index is 679. The Labute approximate surface area is 148 Å². The molecule has 0 spiro atoms. The van der Waals surface area contributed by atoms with Gasteiger partial charge < -0.3 is 10.1 Å². The molecule has 0 fully saturated rings. The summed E-state index contributed by atoms with van der Waals surface area (Å²) in [6.07, 6.45) is 1.72. The largest absolute Gasteiger partial charge is 0.489 e. The summed E-state index contributed by atoms with van der Waals surface area (Å²) in [4.78, 5) is 0. The van der Waals surface area contributed by atoms with Gasteiger partial charge in [0.1, 0.15) is 12.4 Å². The Kier molecular flexibility index (Phi) is 6.75. The highest BCUT2D eigenvalue weighted by Crippen LogP contribution is 2.14. The molecule has 0 aliphatic carbocycles. The lowest BCUT2D eigenvalue weighted by Crippen LogP contribution is -2.36. The number of nitrogens with zero attached hydrogens (tertiary/aromatic N) is 1. The molecule has 0 aliphatic heterocycles. The van der Waals surface area contributed by atoms with Gasteiger partial charge in [0, 0.05) is 6.04 Å². The number of thiocarbonyl (C=S) groups is 1. The summed E-state index contributed by atoms with van der Waals surface area (Å²) < 4.78 is 5.78. The fourth-order valence-electron chi connectivity index (χ4n) is 1.96. The minimum atomic E-state index is 0.283. The van der Waals surface area contributed by atoms with Crippen LogP contribution in [0.4, 0.5) is 0 Å². The van der Waals surface area contributed by atoms with Crippen molar-refractivity contribution in [3.63, 3.8) is 0 Å². The SMILES string of the molecule is Cc1ccc(COc2ccc(/C=N\NC(=S)NC(C)C)cc2)cc1. The van der Waals surface area contributed by atoms with Crippen LogP contribution in [-0.4, -0.2) is 17.4 Å². The predicted octanol–water partition coefficient (Wildman–Crippen LogP) is 3.78. The number of hydrazone groups is 1. The quantitative estimate of drug-likeness (QED) is 0.477. The van der Waals surface area contributed by atoms with Gasteiger partial charge in [0.2, 0.25) is 0 Å². The molecule has 2 aromatic carbocycles. The molecule has 0 heterocycles. The fraction of sp³-hybridized carbons (Fsp3) is 0.263. The molecule has 2 rings (SSSR count). The fourth-order valence-corrected chi connectivity index (χ4v) is 2.25. The van der Waals surface area contributed by atoms with Crippen LogP contribution in [-0.2, 0) is 6.61 Å². The van der Waals surface area contributed by atoms with Crippen molar-refractivity contribution in [1.29, 1.82) is 0 Å². The molecule has 0 unspecified atom stereocenters. The van der Waals surface area contributed by atoms with Gasteiger partial charge in [0.05, 0.1) is 6.21 Å². The van der Waals surface area contributed by atoms with E-state index in [4.69, 9.17) is 17.0 Å². The second-order valence-corrected chi connectivity index (χ2v) is 6.25. The zero-order valence-corrected chi connectivity index (χ0v) is 15.1. The Morgan fingerprint density at radius 3 is 2.42 bits per heavy atom. The molecular weight excluding hydrogens is 318 g/mol. The maximum Gasteiger partial charge on any atom is 0.187 e. The average Bonchev–Trinajstić information content (AvgIpc) is 2.55. The molecule has 0 bridgehead atoms. The molecular formula is C19H23N3OS. The number of benzene rings is 2. The summed E-state index contributed by atoms with van der Waals surface area (Å²) in [6.45, 7) is 6.68. The normalized spacial score (nSPS) is 10.8. The van der Waals surface area contributed by atoms with Gasteiger partial charge in [0.25, 0.3) is 0 Å². The number of hydrogen-bond donors (Lipinski definition) is 2. The van der Waals surface area contributed by atoms with Gasteiger partial charge in [-0.3, -0.25) is 5.43 Å². The molecule has 24 heavy (non-hydrogen) atoms. The van der Waals surface area contributed by atoms with E-state index >= 15 is 0 Å². The van der Waals surface area contributed by atoms with Crippen LogP contribution in [0.3, 0.4) is 0 Å². The molecule has 5 heteroatoms. The molecule has 0 amide bonds. The minimum absolute atomic E-state index is 0.283. The number of hydrogen-bond acceptors (Lipinski definition) is 3. The maximum absolute atomic E-state index is 5.78. The lowest BCUT2D eigenvalue weighted by molar-refractivity contribution is 0.306. The molecule has 0 saturated carbocycles. The zero-order valence-electron chi connectivity index (χ0n) is 14.2. The molecule has 0 aliphatic rings. The Balaban J connectivity index is 1.82. The number of ether oxygens (including phenoxy) is 1. The summed E-state index contributed by atoms with van der Waals surface area (Å²) in [5, 5.41) is 7.68. The lowest BCUT2D eigenvalue weighted by atomic mass is 10.2. The van der Waals surface area contributed by atoms with Crippen LogP contribution in [0.1, 0.15) is 30.5 Å². The molecule has 4 nitrogen and oxygen atoms in total. The summed E-state index contributed by atoms with van der Waals surface area (Å²) >= 11 is 5.10. The first-order valence-electron chi connectivity index (χ1n) is 7.91. The van der Waals surface area contributed by atoms with Crippen molar-refractivity contribution >= 4 is 23.5 Å². The van der Waals surface area contributed by atoms with Crippen LogP contribution in [0.2, 0.25) is 0 Å². The summed E-state index contributed by atoms with van der Waals surface area (Å²) in [5.41, 5.74) is 6.16. The van der Waals surface area contributed by atoms with Gasteiger partial charge in [-0.1, -0.05) is 29.8 Å². The van der Waals surface area contributed by atoms with Crippen LogP contribution in [0, 0.1) is 6.92 Å². The smallest absolute Gasteiger partial charge is 0.187 e. The van der Waals surface area contributed by atoms with E-state index in [-0.39, 0.29) is 6.04 Å². The van der Waals surface area contributed by atoms with Crippen molar-refractivity contribution in [3.05, 3.63) is 65.2 Å². The number of aryl methyl sites for hydroxylation is 1. The second-order valence-electron chi connectivity index (χ2n) is 5.84. The molecule has 2 N–H and O–H groups in total. The van der Waals surface area contributed by atoms with Crippen molar-refractivity contribution in [2.45, 2.75) is 33.4 Å². The first kappa shape index (κ1) is 17.9. The van der Waals surface area contributed by atoms with Gasteiger partial charge in [0.15, 0.2) is 5.11 Å². The topological polar surface area (TPSA) is 45.6 Å². The van der Waals surface area contributed by atoms with Crippen LogP contribution in [0.5, 0.6) is 5.75 Å². The minimum Gasteiger partial charge on any atom is -0.489 e. The Morgan fingerprint density at radius 2 is 1.79 bits per heavy atom. The third kappa shape index (κ3) is 6.38. The summed E-state index contributed by atoms with van der Waals surface area (Å²) in [5.74, 6) is 0.831. The highest BCUT2D eigenvalue weighted by molar-refractivity contribution is 7.80. The van der Waals surface area contributed by atoms with E-state index < -0.39 is 0 Å². The van der Waals surface area contributed by atoms with Gasteiger partial charge >= 0.3 is 0 Å². The van der Waals surface area contributed by atoms with Gasteiger partial charge in [-0.05, 0) is 68.4 Å². The van der Waals surface area contributed by atoms with E-state index in [1.807, 2.05) is 38.1 Å². The molecule has 0 atom stereocenters. The summed E-state index contributed by atoms with van der Waals surface area (Å²) in [7, 11) is 0. The van der Waals surface area contributed by atoms with Gasteiger partial charge in [-0.2, -0.15) is 5.10 Å². The van der Waals surface area contributed by atoms with Crippen molar-refractivity contribution < 1.29 is 4.74 Å². The van der Waals surface area contributed by atoms with Crippen LogP contribution in [0.15, 0.2) is 53.6 Å². The molecule has 0 radical (unpaired) electrons. The van der Waals surface area contributed by atoms with Crippen molar-refractivity contribution in [1.82, 2.24) is 10.7 Å². The Morgan fingerprint density at radius 1 is 1.12 bits per heavy atom. The lowest BCUT2D eigenvalue weighted by Gasteiger charge is -2.09. The van der Waals surface area contributed by atoms with Crippen molar-refractivity contribution in [2.75, 3.05) is 0 Å². The van der Waals surface area contributed by atoms with Crippen LogP contribution in [0.25, 0.3) is 0 Å². The maximum atomic E-state index is 5.78. The standard InChI is InChI=1S/C19H23N3OS/c1-14(2)21-19(24)22-20-12-16-8-10-18(11-9-16)23-13-17-6-4-15(3)5-7-17/h4-12,14H,13H2,1-3H3,(H2,21,22,24)/b20-12-. The third-order valence-electron chi connectivity index (χ3n) is 3.21. The highest BCUT2D eigenvalue weighted by Gasteiger charge is 1.97. The van der Waals surface area contributed by atoms with Crippen molar-refractivity contribution in [2.24, 2.45) is 5.10 Å².